The molecule has 1 unspecified atom stereocenters. The van der Waals surface area contributed by atoms with Crippen LogP contribution in [0.2, 0.25) is 0 Å². The Bertz CT molecular complexity index is 1240. The molecule has 1 saturated carbocycles. The van der Waals surface area contributed by atoms with Crippen LogP contribution in [0.15, 0.2) is 59.5 Å². The first-order valence-corrected chi connectivity index (χ1v) is 12.8. The molecule has 9 heteroatoms. The number of likely N-dealkylation sites (N-methyl/N-ethyl adjacent to an activating group) is 2. The Balaban J connectivity index is 1.43. The second kappa shape index (κ2) is 11.2. The van der Waals surface area contributed by atoms with E-state index < -0.39 is 0 Å². The summed E-state index contributed by atoms with van der Waals surface area (Å²) in [6, 6.07) is 10.3. The summed E-state index contributed by atoms with van der Waals surface area (Å²) >= 11 is 0. The van der Waals surface area contributed by atoms with E-state index in [1.54, 1.807) is 0 Å². The summed E-state index contributed by atoms with van der Waals surface area (Å²) in [7, 11) is 6.12. The predicted octanol–water partition coefficient (Wildman–Crippen LogP) is 2.79. The van der Waals surface area contributed by atoms with E-state index in [4.69, 9.17) is 4.99 Å². The van der Waals surface area contributed by atoms with Gasteiger partial charge in [-0.3, -0.25) is 5.32 Å². The number of hydrogen-bond donors (Lipinski definition) is 4. The second-order valence-corrected chi connectivity index (χ2v) is 9.70. The smallest absolute Gasteiger partial charge is 0.130 e. The van der Waals surface area contributed by atoms with E-state index in [0.717, 1.165) is 66.7 Å². The molecule has 36 heavy (non-hydrogen) atoms. The molecular weight excluding hydrogens is 450 g/mol. The monoisotopic (exact) mass is 487 g/mol. The van der Waals surface area contributed by atoms with Crippen LogP contribution in [-0.4, -0.2) is 72.1 Å². The number of fused-ring (bicyclic) bond motifs is 1. The van der Waals surface area contributed by atoms with Crippen LogP contribution in [0.3, 0.4) is 0 Å². The average Bonchev–Trinajstić information content (AvgIpc) is 3.68. The minimum absolute atomic E-state index is 0.170. The SMILES string of the molecule is CNCCN(C)C1=NC(c2ccnc(Nc3ccc4ncn(C)c4c3)c2)NCCNCC(C2CC2)=C1. The zero-order valence-corrected chi connectivity index (χ0v) is 21.5. The number of pyridine rings is 1. The van der Waals surface area contributed by atoms with Crippen molar-refractivity contribution in [2.24, 2.45) is 18.0 Å². The van der Waals surface area contributed by atoms with Gasteiger partial charge < -0.3 is 25.4 Å². The minimum Gasteiger partial charge on any atom is -0.359 e. The second-order valence-electron chi connectivity index (χ2n) is 9.70. The number of anilines is 2. The van der Waals surface area contributed by atoms with Gasteiger partial charge in [0.2, 0.25) is 0 Å². The third-order valence-corrected chi connectivity index (χ3v) is 6.83. The van der Waals surface area contributed by atoms with Gasteiger partial charge in [-0.2, -0.15) is 0 Å². The molecule has 2 aromatic heterocycles. The van der Waals surface area contributed by atoms with Crippen molar-refractivity contribution in [2.45, 2.75) is 19.0 Å². The fraction of sp³-hybridized carbons (Fsp3) is 0.444. The lowest BCUT2D eigenvalue weighted by Crippen LogP contribution is -2.36. The molecule has 0 amide bonds. The van der Waals surface area contributed by atoms with Crippen molar-refractivity contribution in [2.75, 3.05) is 52.1 Å². The van der Waals surface area contributed by atoms with Crippen LogP contribution in [0, 0.1) is 5.92 Å². The van der Waals surface area contributed by atoms with Crippen LogP contribution in [0.1, 0.15) is 24.6 Å². The number of aryl methyl sites for hydroxylation is 1. The summed E-state index contributed by atoms with van der Waals surface area (Å²) in [5.74, 6) is 2.50. The van der Waals surface area contributed by atoms with Gasteiger partial charge >= 0.3 is 0 Å². The number of nitrogens with one attached hydrogen (secondary N) is 4. The van der Waals surface area contributed by atoms with Gasteiger partial charge in [0.25, 0.3) is 0 Å². The summed E-state index contributed by atoms with van der Waals surface area (Å²) in [5, 5.41) is 14.0. The summed E-state index contributed by atoms with van der Waals surface area (Å²) in [6.07, 6.45) is 8.39. The predicted molar refractivity (Wildman–Crippen MR) is 147 cm³/mol. The maximum atomic E-state index is 5.25. The molecule has 3 heterocycles. The number of amidine groups is 1. The third-order valence-electron chi connectivity index (χ3n) is 6.83. The molecule has 1 aromatic carbocycles. The molecule has 3 aromatic rings. The number of benzene rings is 1. The van der Waals surface area contributed by atoms with Crippen LogP contribution in [0.5, 0.6) is 0 Å². The summed E-state index contributed by atoms with van der Waals surface area (Å²) < 4.78 is 2.02. The van der Waals surface area contributed by atoms with E-state index >= 15 is 0 Å². The first-order chi connectivity index (χ1) is 17.6. The van der Waals surface area contributed by atoms with Gasteiger partial charge in [0.1, 0.15) is 17.8 Å². The Labute approximate surface area is 213 Å². The Hall–Kier alpha value is -3.27. The zero-order chi connectivity index (χ0) is 24.9. The maximum Gasteiger partial charge on any atom is 0.130 e. The molecule has 9 nitrogen and oxygen atoms in total. The third kappa shape index (κ3) is 5.92. The Morgan fingerprint density at radius 1 is 1.14 bits per heavy atom. The summed E-state index contributed by atoms with van der Waals surface area (Å²) in [4.78, 5) is 16.5. The largest absolute Gasteiger partial charge is 0.359 e. The number of aliphatic imine (C=N–C) groups is 1. The fourth-order valence-corrected chi connectivity index (χ4v) is 4.51. The molecule has 1 atom stereocenters. The average molecular weight is 488 g/mol. The summed E-state index contributed by atoms with van der Waals surface area (Å²) in [5.41, 5.74) is 5.58. The number of rotatable bonds is 7. The molecule has 5 rings (SSSR count). The van der Waals surface area contributed by atoms with Gasteiger partial charge in [-0.25, -0.2) is 15.0 Å². The molecule has 0 radical (unpaired) electrons. The van der Waals surface area contributed by atoms with Crippen LogP contribution < -0.4 is 21.3 Å². The van der Waals surface area contributed by atoms with Gasteiger partial charge in [0.15, 0.2) is 0 Å². The minimum atomic E-state index is -0.170. The molecule has 0 bridgehead atoms. The van der Waals surface area contributed by atoms with Gasteiger partial charge in [0, 0.05) is 58.7 Å². The Kier molecular flexibility index (Phi) is 7.60. The molecule has 0 saturated heterocycles. The van der Waals surface area contributed by atoms with Gasteiger partial charge in [-0.1, -0.05) is 0 Å². The van der Waals surface area contributed by atoms with Crippen LogP contribution in [-0.2, 0) is 7.05 Å². The summed E-state index contributed by atoms with van der Waals surface area (Å²) in [6.45, 7) is 4.47. The molecule has 1 aliphatic heterocycles. The quantitative estimate of drug-likeness (QED) is 0.407. The van der Waals surface area contributed by atoms with E-state index in [1.165, 1.54) is 18.4 Å². The fourth-order valence-electron chi connectivity index (χ4n) is 4.51. The Morgan fingerprint density at radius 2 is 2.03 bits per heavy atom. The van der Waals surface area contributed by atoms with Crippen molar-refractivity contribution >= 4 is 28.4 Å². The van der Waals surface area contributed by atoms with Crippen LogP contribution >= 0.6 is 0 Å². The molecular formula is C27H37N9. The van der Waals surface area contributed by atoms with Crippen molar-refractivity contribution in [3.63, 3.8) is 0 Å². The van der Waals surface area contributed by atoms with E-state index in [0.29, 0.717) is 5.92 Å². The number of imidazole rings is 1. The van der Waals surface area contributed by atoms with Crippen molar-refractivity contribution in [3.8, 4) is 0 Å². The molecule has 1 fully saturated rings. The normalized spacial score (nSPS) is 19.0. The van der Waals surface area contributed by atoms with Gasteiger partial charge in [-0.15, -0.1) is 0 Å². The lowest BCUT2D eigenvalue weighted by atomic mass is 10.1. The zero-order valence-electron chi connectivity index (χ0n) is 21.5. The maximum absolute atomic E-state index is 5.25. The van der Waals surface area contributed by atoms with Crippen molar-refractivity contribution < 1.29 is 0 Å². The van der Waals surface area contributed by atoms with Crippen molar-refractivity contribution in [1.82, 2.24) is 35.4 Å². The van der Waals surface area contributed by atoms with E-state index in [-0.39, 0.29) is 6.17 Å². The first-order valence-electron chi connectivity index (χ1n) is 12.8. The van der Waals surface area contributed by atoms with Crippen molar-refractivity contribution in [3.05, 3.63) is 60.1 Å². The van der Waals surface area contributed by atoms with Gasteiger partial charge in [-0.05, 0) is 73.4 Å². The van der Waals surface area contributed by atoms with E-state index in [1.807, 2.05) is 49.4 Å². The first kappa shape index (κ1) is 24.4. The number of nitrogens with zero attached hydrogens (tertiary/aromatic N) is 5. The topological polar surface area (TPSA) is 94.4 Å². The van der Waals surface area contributed by atoms with Crippen LogP contribution in [0.4, 0.5) is 11.5 Å². The highest BCUT2D eigenvalue weighted by atomic mass is 15.2. The lowest BCUT2D eigenvalue weighted by Gasteiger charge is -2.25. The molecule has 2 aliphatic rings. The standard InChI is InChI=1S/C27H37N9/c1-28-12-13-35(2)26-15-21(19-4-5-19)17-29-10-11-31-27(34-26)20-8-9-30-25(14-20)33-22-6-7-23-24(16-22)36(3)18-32-23/h6-9,14-16,18-19,27-29,31H,4-5,10-13,17H2,1-3H3,(H,30,33). The van der Waals surface area contributed by atoms with Gasteiger partial charge in [0.05, 0.1) is 17.4 Å². The highest BCUT2D eigenvalue weighted by Gasteiger charge is 2.27. The molecule has 190 valence electrons. The molecule has 4 N–H and O–H groups in total. The highest BCUT2D eigenvalue weighted by Crippen LogP contribution is 2.36. The highest BCUT2D eigenvalue weighted by molar-refractivity contribution is 5.94. The van der Waals surface area contributed by atoms with E-state index in [9.17, 15) is 0 Å². The number of aromatic nitrogens is 3. The molecule has 0 spiro atoms. The lowest BCUT2D eigenvalue weighted by molar-refractivity contribution is 0.476. The Morgan fingerprint density at radius 3 is 2.86 bits per heavy atom. The van der Waals surface area contributed by atoms with Crippen LogP contribution in [0.25, 0.3) is 11.0 Å². The van der Waals surface area contributed by atoms with Crippen molar-refractivity contribution in [1.29, 1.82) is 0 Å². The number of hydrogen-bond acceptors (Lipinski definition) is 8. The molecule has 1 aliphatic carbocycles. The van der Waals surface area contributed by atoms with E-state index in [2.05, 4.69) is 61.4 Å².